The van der Waals surface area contributed by atoms with Gasteiger partial charge in [-0.25, -0.2) is 0 Å². The molecule has 130 valence electrons. The highest BCUT2D eigenvalue weighted by atomic mass is 16.3. The molecule has 0 spiro atoms. The van der Waals surface area contributed by atoms with Gasteiger partial charge in [-0.2, -0.15) is 0 Å². The van der Waals surface area contributed by atoms with Crippen molar-refractivity contribution >= 4 is 22.3 Å². The SMILES string of the molecule is CCc1ccc2ccccc2c1-c1cc2c(o1)C(=O)c1ccccc1C2=O. The van der Waals surface area contributed by atoms with Gasteiger partial charge in [-0.1, -0.05) is 67.6 Å². The lowest BCUT2D eigenvalue weighted by molar-refractivity contribution is 0.0961. The van der Waals surface area contributed by atoms with Crippen LogP contribution in [0.15, 0.2) is 71.1 Å². The number of furan rings is 1. The molecule has 3 heteroatoms. The van der Waals surface area contributed by atoms with Crippen LogP contribution in [0, 0.1) is 0 Å². The highest BCUT2D eigenvalue weighted by Gasteiger charge is 2.34. The van der Waals surface area contributed by atoms with Crippen LogP contribution in [0.3, 0.4) is 0 Å². The quantitative estimate of drug-likeness (QED) is 0.425. The second kappa shape index (κ2) is 5.78. The zero-order chi connectivity index (χ0) is 18.5. The van der Waals surface area contributed by atoms with Crippen molar-refractivity contribution in [3.8, 4) is 11.3 Å². The summed E-state index contributed by atoms with van der Waals surface area (Å²) in [6.45, 7) is 2.09. The number of aryl methyl sites for hydroxylation is 1. The van der Waals surface area contributed by atoms with Crippen LogP contribution in [-0.4, -0.2) is 11.6 Å². The van der Waals surface area contributed by atoms with E-state index in [1.807, 2.05) is 24.3 Å². The molecule has 27 heavy (non-hydrogen) atoms. The summed E-state index contributed by atoms with van der Waals surface area (Å²) in [5.41, 5.74) is 3.27. The van der Waals surface area contributed by atoms with Crippen molar-refractivity contribution in [2.75, 3.05) is 0 Å². The fourth-order valence-electron chi connectivity index (χ4n) is 3.90. The lowest BCUT2D eigenvalue weighted by Crippen LogP contribution is -2.18. The van der Waals surface area contributed by atoms with Crippen molar-refractivity contribution < 1.29 is 14.0 Å². The second-order valence-corrected chi connectivity index (χ2v) is 6.73. The molecule has 0 bridgehead atoms. The first kappa shape index (κ1) is 15.8. The van der Waals surface area contributed by atoms with Gasteiger partial charge in [-0.3, -0.25) is 9.59 Å². The molecule has 0 unspecified atom stereocenters. The summed E-state index contributed by atoms with van der Waals surface area (Å²) in [6, 6.07) is 20.9. The summed E-state index contributed by atoms with van der Waals surface area (Å²) >= 11 is 0. The van der Waals surface area contributed by atoms with E-state index < -0.39 is 0 Å². The zero-order valence-electron chi connectivity index (χ0n) is 14.8. The summed E-state index contributed by atoms with van der Waals surface area (Å²) in [7, 11) is 0. The van der Waals surface area contributed by atoms with E-state index in [0.29, 0.717) is 22.5 Å². The average Bonchev–Trinajstić information content (AvgIpc) is 3.16. The number of rotatable bonds is 2. The Hall–Kier alpha value is -3.46. The lowest BCUT2D eigenvalue weighted by atomic mass is 9.88. The number of fused-ring (bicyclic) bond motifs is 3. The molecule has 0 N–H and O–H groups in total. The van der Waals surface area contributed by atoms with E-state index in [4.69, 9.17) is 4.42 Å². The van der Waals surface area contributed by atoms with Crippen molar-refractivity contribution in [3.05, 3.63) is 94.7 Å². The summed E-state index contributed by atoms with van der Waals surface area (Å²) in [4.78, 5) is 25.8. The molecule has 1 aromatic heterocycles. The van der Waals surface area contributed by atoms with E-state index in [0.717, 1.165) is 28.3 Å². The minimum atomic E-state index is -0.232. The van der Waals surface area contributed by atoms with Crippen LogP contribution in [0.25, 0.3) is 22.1 Å². The van der Waals surface area contributed by atoms with E-state index >= 15 is 0 Å². The fourth-order valence-corrected chi connectivity index (χ4v) is 3.90. The highest BCUT2D eigenvalue weighted by Crippen LogP contribution is 2.38. The molecule has 1 aliphatic rings. The predicted molar refractivity (Wildman–Crippen MR) is 104 cm³/mol. The molecule has 0 amide bonds. The first-order chi connectivity index (χ1) is 13.2. The van der Waals surface area contributed by atoms with E-state index in [1.54, 1.807) is 30.3 Å². The molecule has 0 radical (unpaired) electrons. The molecular weight excluding hydrogens is 336 g/mol. The van der Waals surface area contributed by atoms with Crippen molar-refractivity contribution in [2.24, 2.45) is 0 Å². The fraction of sp³-hybridized carbons (Fsp3) is 0.0833. The normalized spacial score (nSPS) is 12.9. The largest absolute Gasteiger partial charge is 0.452 e. The van der Waals surface area contributed by atoms with E-state index in [-0.39, 0.29) is 17.3 Å². The Labute approximate surface area is 156 Å². The van der Waals surface area contributed by atoms with Crippen LogP contribution >= 0.6 is 0 Å². The van der Waals surface area contributed by atoms with Gasteiger partial charge in [0.05, 0.1) is 5.56 Å². The number of benzene rings is 3. The van der Waals surface area contributed by atoms with Gasteiger partial charge in [0.25, 0.3) is 0 Å². The summed E-state index contributed by atoms with van der Waals surface area (Å²) in [5.74, 6) is 0.324. The Morgan fingerprint density at radius 3 is 2.26 bits per heavy atom. The Bertz CT molecular complexity index is 1190. The van der Waals surface area contributed by atoms with Gasteiger partial charge in [0, 0.05) is 16.7 Å². The van der Waals surface area contributed by atoms with Gasteiger partial charge in [-0.05, 0) is 28.8 Å². The molecule has 0 atom stereocenters. The topological polar surface area (TPSA) is 47.3 Å². The number of carbonyl (C=O) groups excluding carboxylic acids is 2. The molecule has 0 aliphatic heterocycles. The molecule has 0 fully saturated rings. The van der Waals surface area contributed by atoms with Gasteiger partial charge in [0.15, 0.2) is 11.5 Å². The Morgan fingerprint density at radius 2 is 1.48 bits per heavy atom. The third kappa shape index (κ3) is 2.21. The van der Waals surface area contributed by atoms with Crippen molar-refractivity contribution in [2.45, 2.75) is 13.3 Å². The van der Waals surface area contributed by atoms with Gasteiger partial charge >= 0.3 is 0 Å². The van der Waals surface area contributed by atoms with Crippen LogP contribution in [-0.2, 0) is 6.42 Å². The number of carbonyl (C=O) groups is 2. The number of hydrogen-bond acceptors (Lipinski definition) is 3. The van der Waals surface area contributed by atoms with Crippen molar-refractivity contribution in [1.29, 1.82) is 0 Å². The van der Waals surface area contributed by atoms with E-state index in [1.165, 1.54) is 0 Å². The third-order valence-electron chi connectivity index (χ3n) is 5.24. The molecule has 4 aromatic rings. The minimum Gasteiger partial charge on any atom is -0.452 e. The van der Waals surface area contributed by atoms with Crippen LogP contribution in [0.4, 0.5) is 0 Å². The first-order valence-corrected chi connectivity index (χ1v) is 9.02. The summed E-state index contributed by atoms with van der Waals surface area (Å²) in [6.07, 6.45) is 0.827. The maximum Gasteiger partial charge on any atom is 0.229 e. The maximum atomic E-state index is 12.9. The Balaban J connectivity index is 1.78. The lowest BCUT2D eigenvalue weighted by Gasteiger charge is -2.12. The summed E-state index contributed by atoms with van der Waals surface area (Å²) < 4.78 is 6.01. The molecule has 5 rings (SSSR count). The van der Waals surface area contributed by atoms with Crippen LogP contribution < -0.4 is 0 Å². The Morgan fingerprint density at radius 1 is 0.778 bits per heavy atom. The average molecular weight is 352 g/mol. The number of hydrogen-bond donors (Lipinski definition) is 0. The predicted octanol–water partition coefficient (Wildman–Crippen LogP) is 5.44. The standard InChI is InChI=1S/C24H16O3/c1-2-14-11-12-15-7-3-4-8-16(15)21(14)20-13-19-22(25)17-9-5-6-10-18(17)23(26)24(19)27-20/h3-13H,2H2,1H3. The molecular formula is C24H16O3. The van der Waals surface area contributed by atoms with Crippen molar-refractivity contribution in [1.82, 2.24) is 0 Å². The van der Waals surface area contributed by atoms with E-state index in [9.17, 15) is 9.59 Å². The van der Waals surface area contributed by atoms with Crippen molar-refractivity contribution in [3.63, 3.8) is 0 Å². The van der Waals surface area contributed by atoms with Crippen LogP contribution in [0.2, 0.25) is 0 Å². The molecule has 1 aliphatic carbocycles. The zero-order valence-corrected chi connectivity index (χ0v) is 14.8. The number of ketones is 2. The first-order valence-electron chi connectivity index (χ1n) is 9.02. The summed E-state index contributed by atoms with van der Waals surface area (Å²) in [5, 5.41) is 2.15. The maximum absolute atomic E-state index is 12.9. The Kier molecular flexibility index (Phi) is 3.37. The van der Waals surface area contributed by atoms with Crippen LogP contribution in [0.1, 0.15) is 44.5 Å². The van der Waals surface area contributed by atoms with Gasteiger partial charge in [0.2, 0.25) is 5.78 Å². The molecule has 1 heterocycles. The van der Waals surface area contributed by atoms with Gasteiger partial charge in [-0.15, -0.1) is 0 Å². The van der Waals surface area contributed by atoms with Gasteiger partial charge in [0.1, 0.15) is 5.76 Å². The van der Waals surface area contributed by atoms with Crippen LogP contribution in [0.5, 0.6) is 0 Å². The molecule has 0 saturated heterocycles. The monoisotopic (exact) mass is 352 g/mol. The molecule has 3 aromatic carbocycles. The minimum absolute atomic E-state index is 0.142. The second-order valence-electron chi connectivity index (χ2n) is 6.73. The highest BCUT2D eigenvalue weighted by molar-refractivity contribution is 6.27. The van der Waals surface area contributed by atoms with Gasteiger partial charge < -0.3 is 4.42 Å². The molecule has 0 saturated carbocycles. The third-order valence-corrected chi connectivity index (χ3v) is 5.24. The molecule has 3 nitrogen and oxygen atoms in total. The van der Waals surface area contributed by atoms with E-state index in [2.05, 4.69) is 19.1 Å². The smallest absolute Gasteiger partial charge is 0.229 e.